The minimum absolute atomic E-state index is 0.0662. The van der Waals surface area contributed by atoms with E-state index in [1.54, 1.807) is 4.90 Å². The molecule has 0 radical (unpaired) electrons. The number of carbonyl (C=O) groups excluding carboxylic acids is 1. The van der Waals surface area contributed by atoms with Crippen LogP contribution in [0, 0.1) is 0 Å². The van der Waals surface area contributed by atoms with Crippen LogP contribution in [0.4, 0.5) is 10.5 Å². The Morgan fingerprint density at radius 1 is 1.42 bits per heavy atom. The summed E-state index contributed by atoms with van der Waals surface area (Å²) in [6.45, 7) is 7.04. The zero-order chi connectivity index (χ0) is 13.7. The Balaban J connectivity index is 2.09. The molecular formula is C14H20N4O. The van der Waals surface area contributed by atoms with Crippen molar-refractivity contribution in [2.75, 3.05) is 31.5 Å². The Kier molecular flexibility index (Phi) is 4.39. The quantitative estimate of drug-likeness (QED) is 0.869. The number of nitrogens with one attached hydrogen (secondary N) is 2. The smallest absolute Gasteiger partial charge is 0.321 e. The first-order valence-corrected chi connectivity index (χ1v) is 6.69. The molecule has 0 fully saturated rings. The summed E-state index contributed by atoms with van der Waals surface area (Å²) in [5, 5.41) is 6.14. The molecule has 1 aliphatic heterocycles. The van der Waals surface area contributed by atoms with Crippen molar-refractivity contribution in [2.24, 2.45) is 4.99 Å². The molecule has 0 bridgehead atoms. The second-order valence-electron chi connectivity index (χ2n) is 4.34. The van der Waals surface area contributed by atoms with Gasteiger partial charge in [0.05, 0.1) is 6.54 Å². The van der Waals surface area contributed by atoms with Crippen molar-refractivity contribution >= 4 is 17.6 Å². The molecule has 0 spiro atoms. The second kappa shape index (κ2) is 6.22. The van der Waals surface area contributed by atoms with Crippen LogP contribution < -0.4 is 10.6 Å². The van der Waals surface area contributed by atoms with E-state index in [-0.39, 0.29) is 6.03 Å². The molecule has 0 aromatic heterocycles. The van der Waals surface area contributed by atoms with Crippen LogP contribution in [-0.2, 0) is 0 Å². The van der Waals surface area contributed by atoms with E-state index in [0.717, 1.165) is 30.2 Å². The van der Waals surface area contributed by atoms with Crippen molar-refractivity contribution in [1.29, 1.82) is 0 Å². The lowest BCUT2D eigenvalue weighted by Crippen LogP contribution is -2.34. The van der Waals surface area contributed by atoms with E-state index in [1.165, 1.54) is 0 Å². The van der Waals surface area contributed by atoms with Gasteiger partial charge in [-0.3, -0.25) is 4.99 Å². The number of hydrogen-bond acceptors (Lipinski definition) is 3. The molecule has 2 rings (SSSR count). The Morgan fingerprint density at radius 2 is 2.21 bits per heavy atom. The average Bonchev–Trinajstić information content (AvgIpc) is 2.94. The molecule has 0 atom stereocenters. The molecule has 1 aromatic rings. The zero-order valence-electron chi connectivity index (χ0n) is 11.4. The van der Waals surface area contributed by atoms with E-state index < -0.39 is 0 Å². The van der Waals surface area contributed by atoms with Gasteiger partial charge in [0.2, 0.25) is 0 Å². The molecule has 1 aliphatic rings. The van der Waals surface area contributed by atoms with Gasteiger partial charge in [0.1, 0.15) is 5.84 Å². The number of carbonyl (C=O) groups is 1. The minimum Gasteiger partial charge on any atom is -0.368 e. The Labute approximate surface area is 113 Å². The maximum atomic E-state index is 12.0. The van der Waals surface area contributed by atoms with Gasteiger partial charge in [-0.1, -0.05) is 12.1 Å². The highest BCUT2D eigenvalue weighted by Crippen LogP contribution is 2.13. The standard InChI is InChI=1S/C14H20N4O/c1-3-18(4-2)14(19)17-12-7-5-6-11(10-12)13-15-8-9-16-13/h5-7,10H,3-4,8-9H2,1-2H3,(H,15,16)(H,17,19). The van der Waals surface area contributed by atoms with Gasteiger partial charge in [-0.25, -0.2) is 4.79 Å². The molecule has 19 heavy (non-hydrogen) atoms. The predicted molar refractivity (Wildman–Crippen MR) is 77.8 cm³/mol. The topological polar surface area (TPSA) is 56.7 Å². The summed E-state index contributed by atoms with van der Waals surface area (Å²) < 4.78 is 0. The summed E-state index contributed by atoms with van der Waals surface area (Å²) in [7, 11) is 0. The summed E-state index contributed by atoms with van der Waals surface area (Å²) >= 11 is 0. The van der Waals surface area contributed by atoms with Gasteiger partial charge in [-0.05, 0) is 26.0 Å². The lowest BCUT2D eigenvalue weighted by Gasteiger charge is -2.19. The van der Waals surface area contributed by atoms with E-state index in [1.807, 2.05) is 38.1 Å². The van der Waals surface area contributed by atoms with Crippen molar-refractivity contribution in [3.8, 4) is 0 Å². The highest BCUT2D eigenvalue weighted by atomic mass is 16.2. The van der Waals surface area contributed by atoms with Crippen molar-refractivity contribution in [3.05, 3.63) is 29.8 Å². The van der Waals surface area contributed by atoms with Crippen molar-refractivity contribution < 1.29 is 4.79 Å². The molecule has 1 heterocycles. The number of benzene rings is 1. The largest absolute Gasteiger partial charge is 0.368 e. The molecule has 0 saturated carbocycles. The molecule has 0 saturated heterocycles. The first kappa shape index (κ1) is 13.4. The van der Waals surface area contributed by atoms with Crippen molar-refractivity contribution in [3.63, 3.8) is 0 Å². The highest BCUT2D eigenvalue weighted by molar-refractivity contribution is 6.01. The fourth-order valence-electron chi connectivity index (χ4n) is 2.05. The van der Waals surface area contributed by atoms with Crippen LogP contribution in [0.25, 0.3) is 0 Å². The van der Waals surface area contributed by atoms with E-state index in [0.29, 0.717) is 13.1 Å². The fourth-order valence-corrected chi connectivity index (χ4v) is 2.05. The molecule has 2 N–H and O–H groups in total. The normalized spacial score (nSPS) is 13.7. The summed E-state index contributed by atoms with van der Waals surface area (Å²) in [6, 6.07) is 7.68. The van der Waals surface area contributed by atoms with Crippen LogP contribution in [0.3, 0.4) is 0 Å². The summed E-state index contributed by atoms with van der Waals surface area (Å²) in [6.07, 6.45) is 0. The van der Waals surface area contributed by atoms with E-state index in [2.05, 4.69) is 15.6 Å². The first-order valence-electron chi connectivity index (χ1n) is 6.69. The lowest BCUT2D eigenvalue weighted by molar-refractivity contribution is 0.217. The van der Waals surface area contributed by atoms with E-state index >= 15 is 0 Å². The monoisotopic (exact) mass is 260 g/mol. The highest BCUT2D eigenvalue weighted by Gasteiger charge is 2.11. The van der Waals surface area contributed by atoms with Gasteiger partial charge in [-0.2, -0.15) is 0 Å². The second-order valence-corrected chi connectivity index (χ2v) is 4.34. The number of nitrogens with zero attached hydrogens (tertiary/aromatic N) is 2. The number of rotatable bonds is 4. The number of urea groups is 1. The maximum absolute atomic E-state index is 12.0. The van der Waals surface area contributed by atoms with Crippen LogP contribution in [-0.4, -0.2) is 42.9 Å². The Bertz CT molecular complexity index is 480. The molecule has 5 nitrogen and oxygen atoms in total. The first-order chi connectivity index (χ1) is 9.24. The van der Waals surface area contributed by atoms with Crippen LogP contribution in [0.2, 0.25) is 0 Å². The van der Waals surface area contributed by atoms with E-state index in [9.17, 15) is 4.79 Å². The summed E-state index contributed by atoms with van der Waals surface area (Å²) in [4.78, 5) is 18.1. The minimum atomic E-state index is -0.0662. The number of amidine groups is 1. The third kappa shape index (κ3) is 3.24. The SMILES string of the molecule is CCN(CC)C(=O)Nc1cccc(C2=NCCN2)c1. The molecule has 0 aliphatic carbocycles. The summed E-state index contributed by atoms with van der Waals surface area (Å²) in [5.74, 6) is 0.902. The molecule has 0 unspecified atom stereocenters. The van der Waals surface area contributed by atoms with Crippen LogP contribution in [0.15, 0.2) is 29.3 Å². The van der Waals surface area contributed by atoms with Gasteiger partial charge < -0.3 is 15.5 Å². The van der Waals surface area contributed by atoms with Gasteiger partial charge in [0.25, 0.3) is 0 Å². The fraction of sp³-hybridized carbons (Fsp3) is 0.429. The lowest BCUT2D eigenvalue weighted by atomic mass is 10.2. The average molecular weight is 260 g/mol. The zero-order valence-corrected chi connectivity index (χ0v) is 11.4. The van der Waals surface area contributed by atoms with Crippen molar-refractivity contribution in [2.45, 2.75) is 13.8 Å². The molecule has 1 aromatic carbocycles. The number of hydrogen-bond donors (Lipinski definition) is 2. The molecule has 102 valence electrons. The Hall–Kier alpha value is -2.04. The molecule has 5 heteroatoms. The predicted octanol–water partition coefficient (Wildman–Crippen LogP) is 1.91. The van der Waals surface area contributed by atoms with E-state index in [4.69, 9.17) is 0 Å². The number of aliphatic imine (C=N–C) groups is 1. The maximum Gasteiger partial charge on any atom is 0.321 e. The third-order valence-corrected chi connectivity index (χ3v) is 3.11. The third-order valence-electron chi connectivity index (χ3n) is 3.11. The molecule has 2 amide bonds. The van der Waals surface area contributed by atoms with Crippen LogP contribution >= 0.6 is 0 Å². The Morgan fingerprint density at radius 3 is 2.84 bits per heavy atom. The van der Waals surface area contributed by atoms with Gasteiger partial charge in [0.15, 0.2) is 0 Å². The van der Waals surface area contributed by atoms with Crippen molar-refractivity contribution in [1.82, 2.24) is 10.2 Å². The van der Waals surface area contributed by atoms with Gasteiger partial charge in [0, 0.05) is 30.9 Å². The van der Waals surface area contributed by atoms with Crippen LogP contribution in [0.1, 0.15) is 19.4 Å². The van der Waals surface area contributed by atoms with Crippen LogP contribution in [0.5, 0.6) is 0 Å². The summed E-state index contributed by atoms with van der Waals surface area (Å²) in [5.41, 5.74) is 1.81. The van der Waals surface area contributed by atoms with Gasteiger partial charge in [-0.15, -0.1) is 0 Å². The van der Waals surface area contributed by atoms with Gasteiger partial charge >= 0.3 is 6.03 Å². The number of amides is 2. The molecular weight excluding hydrogens is 240 g/mol. The number of anilines is 1.